The summed E-state index contributed by atoms with van der Waals surface area (Å²) in [6, 6.07) is 8.76. The van der Waals surface area contributed by atoms with E-state index >= 15 is 4.39 Å². The van der Waals surface area contributed by atoms with Gasteiger partial charge in [-0.2, -0.15) is 0 Å². The molecule has 0 radical (unpaired) electrons. The molecule has 2 aromatic rings. The number of aliphatic hydroxyl groups is 1. The number of amides is 1. The highest BCUT2D eigenvalue weighted by Crippen LogP contribution is 2.40. The molecule has 4 heterocycles. The van der Waals surface area contributed by atoms with Crippen molar-refractivity contribution in [3.8, 4) is 5.75 Å². The second-order valence-electron chi connectivity index (χ2n) is 15.4. The van der Waals surface area contributed by atoms with Crippen LogP contribution in [0.15, 0.2) is 42.0 Å². The van der Waals surface area contributed by atoms with Crippen LogP contribution >= 0.6 is 11.6 Å². The van der Waals surface area contributed by atoms with Gasteiger partial charge in [-0.15, -0.1) is 0 Å². The van der Waals surface area contributed by atoms with E-state index in [1.54, 1.807) is 31.2 Å². The van der Waals surface area contributed by atoms with E-state index in [-0.39, 0.29) is 35.1 Å². The van der Waals surface area contributed by atoms with Gasteiger partial charge in [0, 0.05) is 63.3 Å². The molecule has 13 heteroatoms. The fraction of sp³-hybridized carbons (Fsp3) is 0.625. The summed E-state index contributed by atoms with van der Waals surface area (Å²) in [5.74, 6) is -0.925. The van der Waals surface area contributed by atoms with Crippen molar-refractivity contribution in [3.63, 3.8) is 0 Å². The zero-order valence-corrected chi connectivity index (χ0v) is 33.2. The number of halogens is 2. The third-order valence-electron chi connectivity index (χ3n) is 12.0. The zero-order chi connectivity index (χ0) is 37.9. The number of ether oxygens (including phenoxy) is 2. The zero-order valence-electron chi connectivity index (χ0n) is 31.6. The van der Waals surface area contributed by atoms with Crippen molar-refractivity contribution >= 4 is 33.2 Å². The highest BCUT2D eigenvalue weighted by atomic mass is 35.5. The Hall–Kier alpha value is -2.74. The predicted molar refractivity (Wildman–Crippen MR) is 207 cm³/mol. The van der Waals surface area contributed by atoms with Gasteiger partial charge in [-0.25, -0.2) is 17.5 Å². The quantitative estimate of drug-likeness (QED) is 0.354. The van der Waals surface area contributed by atoms with Crippen molar-refractivity contribution < 1.29 is 32.2 Å². The lowest BCUT2D eigenvalue weighted by molar-refractivity contribution is -0.0719. The molecular weight excluding hydrogens is 719 g/mol. The van der Waals surface area contributed by atoms with Crippen LogP contribution in [0.3, 0.4) is 0 Å². The van der Waals surface area contributed by atoms with Gasteiger partial charge in [0.25, 0.3) is 5.91 Å². The van der Waals surface area contributed by atoms with Crippen molar-refractivity contribution in [1.29, 1.82) is 0 Å². The second kappa shape index (κ2) is 17.0. The number of piperazine rings is 1. The molecule has 0 spiro atoms. The van der Waals surface area contributed by atoms with Gasteiger partial charge in [0.05, 0.1) is 35.8 Å². The highest BCUT2D eigenvalue weighted by molar-refractivity contribution is 7.90. The molecule has 0 aromatic heterocycles. The number of benzene rings is 2. The van der Waals surface area contributed by atoms with Crippen molar-refractivity contribution in [2.45, 2.75) is 89.0 Å². The van der Waals surface area contributed by atoms with Gasteiger partial charge in [-0.05, 0) is 86.4 Å². The van der Waals surface area contributed by atoms with Crippen LogP contribution in [-0.4, -0.2) is 112 Å². The molecule has 6 rings (SSSR count). The van der Waals surface area contributed by atoms with E-state index in [1.807, 2.05) is 26.0 Å². The van der Waals surface area contributed by atoms with E-state index in [4.69, 9.17) is 21.1 Å². The molecule has 2 saturated heterocycles. The van der Waals surface area contributed by atoms with Crippen LogP contribution in [0.1, 0.15) is 87.2 Å². The lowest BCUT2D eigenvalue weighted by Crippen LogP contribution is -2.61. The van der Waals surface area contributed by atoms with E-state index in [9.17, 15) is 18.3 Å². The minimum Gasteiger partial charge on any atom is -0.491 e. The van der Waals surface area contributed by atoms with E-state index in [0.717, 1.165) is 50.3 Å². The number of nitrogens with one attached hydrogen (secondary N) is 1. The summed E-state index contributed by atoms with van der Waals surface area (Å²) in [4.78, 5) is 20.5. The third kappa shape index (κ3) is 8.73. The molecule has 2 aromatic carbocycles. The molecule has 53 heavy (non-hydrogen) atoms. The number of nitrogens with zero attached hydrogens (tertiary/aromatic N) is 3. The minimum atomic E-state index is -3.99. The molecule has 2 N–H and O–H groups in total. The second-order valence-corrected chi connectivity index (χ2v) is 17.9. The predicted octanol–water partition coefficient (Wildman–Crippen LogP) is 5.77. The van der Waals surface area contributed by atoms with Crippen molar-refractivity contribution in [1.82, 2.24) is 14.5 Å². The van der Waals surface area contributed by atoms with Crippen LogP contribution in [0.4, 0.5) is 10.1 Å². The number of morpholine rings is 1. The molecular formula is C40H56ClFN4O6S. The Kier molecular flexibility index (Phi) is 12.8. The maximum Gasteiger partial charge on any atom is 0.264 e. The maximum atomic E-state index is 15.5. The first-order valence-corrected chi connectivity index (χ1v) is 21.2. The molecule has 292 valence electrons. The SMILES string of the molecule is CCCc1c(C2COc3ccc4cc3N(CCC(CC)[C@](O)(CN3CCN5CCOCC5C3)/C(C)=C/CCC(C)S(=O)(=O)NC4=O)C2)ccc(Cl)c1F. The lowest BCUT2D eigenvalue weighted by Gasteiger charge is -2.47. The average Bonchev–Trinajstić information content (AvgIpc) is 3.32. The Morgan fingerprint density at radius 2 is 1.89 bits per heavy atom. The van der Waals surface area contributed by atoms with E-state index < -0.39 is 32.6 Å². The highest BCUT2D eigenvalue weighted by Gasteiger charge is 2.42. The smallest absolute Gasteiger partial charge is 0.264 e. The standard InChI is InChI=1S/C40H56ClFN4O6S/c1-5-8-34-33(12-13-35(41)38(34)42)30-22-46-16-15-31(6-2)40(48,26-44-17-18-45-19-20-51-25-32(45)23-44)27(3)9-7-10-28(4)53(49,50)43-39(47)29-11-14-37(52-24-30)36(46)21-29/h9,11-14,21,28,30-32,48H,5-8,10,15-20,22-26H2,1-4H3,(H,43,47)/b27-9+/t28?,30?,31?,32?,40-/m0/s1. The summed E-state index contributed by atoms with van der Waals surface area (Å²) < 4.78 is 56.8. The number of hydrogen-bond donors (Lipinski definition) is 2. The first kappa shape index (κ1) is 39.9. The largest absolute Gasteiger partial charge is 0.491 e. The van der Waals surface area contributed by atoms with Gasteiger partial charge in [-0.1, -0.05) is 50.4 Å². The summed E-state index contributed by atoms with van der Waals surface area (Å²) in [5.41, 5.74) is 1.92. The number of β-amino-alcohol motifs (C(OH)–C–C–N with tert-alkyl or cyclic N) is 1. The topological polar surface area (TPSA) is 112 Å². The summed E-state index contributed by atoms with van der Waals surface area (Å²) in [7, 11) is -3.99. The molecule has 4 aliphatic rings. The molecule has 2 fully saturated rings. The van der Waals surface area contributed by atoms with E-state index in [1.165, 1.54) is 0 Å². The van der Waals surface area contributed by atoms with Crippen molar-refractivity contribution in [2.75, 3.05) is 70.5 Å². The Bertz CT molecular complexity index is 1780. The number of carbonyl (C=O) groups is 1. The average molecular weight is 775 g/mol. The van der Waals surface area contributed by atoms with Gasteiger partial charge >= 0.3 is 0 Å². The molecule has 5 atom stereocenters. The van der Waals surface area contributed by atoms with Crippen molar-refractivity contribution in [2.24, 2.45) is 5.92 Å². The van der Waals surface area contributed by atoms with Gasteiger partial charge in [0.2, 0.25) is 10.0 Å². The third-order valence-corrected chi connectivity index (χ3v) is 14.0. The lowest BCUT2D eigenvalue weighted by atomic mass is 9.76. The van der Waals surface area contributed by atoms with E-state index in [0.29, 0.717) is 75.3 Å². The summed E-state index contributed by atoms with van der Waals surface area (Å²) in [5, 5.41) is 12.2. The molecule has 0 saturated carbocycles. The first-order chi connectivity index (χ1) is 25.3. The minimum absolute atomic E-state index is 0.0888. The number of fused-ring (bicyclic) bond motifs is 2. The Labute approximate surface area is 319 Å². The molecule has 0 aliphatic carbocycles. The van der Waals surface area contributed by atoms with Crippen LogP contribution in [0.2, 0.25) is 5.02 Å². The van der Waals surface area contributed by atoms with Crippen LogP contribution in [0.25, 0.3) is 0 Å². The number of anilines is 1. The molecule has 4 aliphatic heterocycles. The normalized spacial score (nSPS) is 30.0. The summed E-state index contributed by atoms with van der Waals surface area (Å²) >= 11 is 6.26. The Morgan fingerprint density at radius 3 is 2.66 bits per heavy atom. The number of allylic oxidation sites excluding steroid dienone is 1. The van der Waals surface area contributed by atoms with Gasteiger partial charge in [-0.3, -0.25) is 14.6 Å². The number of rotatable bonds is 6. The maximum absolute atomic E-state index is 15.5. The van der Waals surface area contributed by atoms with Crippen LogP contribution in [0, 0.1) is 11.7 Å². The van der Waals surface area contributed by atoms with Crippen LogP contribution in [-0.2, 0) is 21.2 Å². The van der Waals surface area contributed by atoms with Gasteiger partial charge in [0.15, 0.2) is 0 Å². The molecule has 1 amide bonds. The molecule has 2 bridgehead atoms. The first-order valence-electron chi connectivity index (χ1n) is 19.3. The molecule has 10 nitrogen and oxygen atoms in total. The number of hydrogen-bond acceptors (Lipinski definition) is 9. The molecule has 4 unspecified atom stereocenters. The van der Waals surface area contributed by atoms with Gasteiger partial charge in [0.1, 0.15) is 17.2 Å². The van der Waals surface area contributed by atoms with Crippen LogP contribution in [0.5, 0.6) is 5.75 Å². The van der Waals surface area contributed by atoms with Gasteiger partial charge < -0.3 is 19.5 Å². The summed E-state index contributed by atoms with van der Waals surface area (Å²) in [6.45, 7) is 14.3. The fourth-order valence-corrected chi connectivity index (χ4v) is 9.85. The monoisotopic (exact) mass is 774 g/mol. The Morgan fingerprint density at radius 1 is 1.08 bits per heavy atom. The number of carbonyl (C=O) groups excluding carboxylic acids is 1. The van der Waals surface area contributed by atoms with Crippen LogP contribution < -0.4 is 14.4 Å². The Balaban J connectivity index is 1.39. The summed E-state index contributed by atoms with van der Waals surface area (Å²) in [6.07, 6.45) is 5.34. The van der Waals surface area contributed by atoms with E-state index in [2.05, 4.69) is 26.3 Å². The number of sulfonamides is 1. The van der Waals surface area contributed by atoms with Crippen molar-refractivity contribution in [3.05, 3.63) is 69.5 Å². The fourth-order valence-electron chi connectivity index (χ4n) is 8.65.